The molecule has 2 aromatic rings. The third kappa shape index (κ3) is 5.70. The van der Waals surface area contributed by atoms with Crippen LogP contribution in [0.25, 0.3) is 0 Å². The molecular formula is C19H22N2O4. The van der Waals surface area contributed by atoms with Gasteiger partial charge in [-0.3, -0.25) is 9.98 Å². The molecule has 0 bridgehead atoms. The molecule has 0 aromatic heterocycles. The third-order valence-corrected chi connectivity index (χ3v) is 3.59. The maximum Gasteiger partial charge on any atom is 0.124 e. The van der Waals surface area contributed by atoms with E-state index in [9.17, 15) is 10.2 Å². The highest BCUT2D eigenvalue weighted by molar-refractivity contribution is 5.84. The van der Waals surface area contributed by atoms with Crippen LogP contribution in [0.1, 0.15) is 28.7 Å². The molecule has 0 aliphatic heterocycles. The molecule has 0 saturated carbocycles. The van der Waals surface area contributed by atoms with Crippen LogP contribution in [0, 0.1) is 0 Å². The second-order valence-corrected chi connectivity index (χ2v) is 5.53. The van der Waals surface area contributed by atoms with Crippen molar-refractivity contribution < 1.29 is 20.4 Å². The minimum absolute atomic E-state index is 0.0927. The van der Waals surface area contributed by atoms with E-state index in [1.165, 1.54) is 12.1 Å². The summed E-state index contributed by atoms with van der Waals surface area (Å²) in [6.07, 6.45) is 3.93. The van der Waals surface area contributed by atoms with Gasteiger partial charge in [0.15, 0.2) is 0 Å². The normalized spacial score (nSPS) is 11.6. The van der Waals surface area contributed by atoms with E-state index in [1.54, 1.807) is 36.7 Å². The standard InChI is InChI=1S/C19H22N2O4/c22-12-14-2-4-16(18(24)8-14)10-20-6-1-7-21-11-17-5-3-15(13-23)9-19(17)25/h2-5,8-11,22-25H,1,6-7,12-13H2. The lowest BCUT2D eigenvalue weighted by molar-refractivity contribution is 0.281. The zero-order valence-electron chi connectivity index (χ0n) is 13.8. The second kappa shape index (κ2) is 9.56. The van der Waals surface area contributed by atoms with Gasteiger partial charge in [-0.25, -0.2) is 0 Å². The number of aliphatic hydroxyl groups is 2. The van der Waals surface area contributed by atoms with Crippen molar-refractivity contribution in [2.24, 2.45) is 9.98 Å². The smallest absolute Gasteiger partial charge is 0.124 e. The van der Waals surface area contributed by atoms with E-state index in [0.717, 1.165) is 6.42 Å². The van der Waals surface area contributed by atoms with Gasteiger partial charge in [-0.2, -0.15) is 0 Å². The lowest BCUT2D eigenvalue weighted by Gasteiger charge is -2.02. The lowest BCUT2D eigenvalue weighted by Crippen LogP contribution is -1.92. The molecule has 132 valence electrons. The third-order valence-electron chi connectivity index (χ3n) is 3.59. The summed E-state index contributed by atoms with van der Waals surface area (Å²) in [7, 11) is 0. The maximum atomic E-state index is 9.79. The van der Waals surface area contributed by atoms with Gasteiger partial charge in [0.25, 0.3) is 0 Å². The van der Waals surface area contributed by atoms with Gasteiger partial charge in [-0.15, -0.1) is 0 Å². The number of phenols is 2. The fourth-order valence-corrected chi connectivity index (χ4v) is 2.17. The van der Waals surface area contributed by atoms with Crippen LogP contribution in [0.2, 0.25) is 0 Å². The molecule has 0 saturated heterocycles. The monoisotopic (exact) mass is 342 g/mol. The van der Waals surface area contributed by atoms with E-state index >= 15 is 0 Å². The summed E-state index contributed by atoms with van der Waals surface area (Å²) in [5.41, 5.74) is 2.52. The Morgan fingerprint density at radius 3 is 1.52 bits per heavy atom. The molecule has 25 heavy (non-hydrogen) atoms. The molecule has 0 aliphatic rings. The average molecular weight is 342 g/mol. The van der Waals surface area contributed by atoms with Crippen LogP contribution in [-0.2, 0) is 13.2 Å². The zero-order valence-corrected chi connectivity index (χ0v) is 13.8. The number of rotatable bonds is 8. The van der Waals surface area contributed by atoms with Gasteiger partial charge in [0.2, 0.25) is 0 Å². The highest BCUT2D eigenvalue weighted by Crippen LogP contribution is 2.18. The predicted octanol–water partition coefficient (Wildman–Crippen LogP) is 2.01. The van der Waals surface area contributed by atoms with Crippen molar-refractivity contribution in [3.63, 3.8) is 0 Å². The fraction of sp³-hybridized carbons (Fsp3) is 0.263. The quantitative estimate of drug-likeness (QED) is 0.435. The summed E-state index contributed by atoms with van der Waals surface area (Å²) in [6.45, 7) is 0.907. The molecule has 0 fully saturated rings. The van der Waals surface area contributed by atoms with E-state index in [0.29, 0.717) is 35.3 Å². The van der Waals surface area contributed by atoms with Gasteiger partial charge in [0.1, 0.15) is 11.5 Å². The molecule has 0 aliphatic carbocycles. The van der Waals surface area contributed by atoms with Crippen molar-refractivity contribution in [2.45, 2.75) is 19.6 Å². The molecule has 0 amide bonds. The molecule has 0 spiro atoms. The topological polar surface area (TPSA) is 106 Å². The summed E-state index contributed by atoms with van der Waals surface area (Å²) < 4.78 is 0. The summed E-state index contributed by atoms with van der Waals surface area (Å²) in [5.74, 6) is 0.185. The number of hydrogen-bond donors (Lipinski definition) is 4. The first-order chi connectivity index (χ1) is 12.1. The molecule has 0 radical (unpaired) electrons. The minimum Gasteiger partial charge on any atom is -0.507 e. The number of benzene rings is 2. The molecular weight excluding hydrogens is 320 g/mol. The zero-order chi connectivity index (χ0) is 18.1. The number of aliphatic hydroxyl groups excluding tert-OH is 2. The first-order valence-corrected chi connectivity index (χ1v) is 7.99. The van der Waals surface area contributed by atoms with Gasteiger partial charge in [0, 0.05) is 36.6 Å². The van der Waals surface area contributed by atoms with E-state index in [-0.39, 0.29) is 24.7 Å². The van der Waals surface area contributed by atoms with Crippen molar-refractivity contribution in [3.8, 4) is 11.5 Å². The van der Waals surface area contributed by atoms with Crippen LogP contribution in [0.15, 0.2) is 46.4 Å². The van der Waals surface area contributed by atoms with Gasteiger partial charge in [-0.1, -0.05) is 12.1 Å². The Bertz CT molecular complexity index is 694. The van der Waals surface area contributed by atoms with Crippen molar-refractivity contribution in [1.29, 1.82) is 0 Å². The van der Waals surface area contributed by atoms with Crippen molar-refractivity contribution >= 4 is 12.4 Å². The van der Waals surface area contributed by atoms with Crippen molar-refractivity contribution in [1.82, 2.24) is 0 Å². The van der Waals surface area contributed by atoms with Crippen molar-refractivity contribution in [2.75, 3.05) is 13.1 Å². The van der Waals surface area contributed by atoms with Crippen LogP contribution < -0.4 is 0 Å². The largest absolute Gasteiger partial charge is 0.507 e. The van der Waals surface area contributed by atoms with Gasteiger partial charge < -0.3 is 20.4 Å². The molecule has 6 nitrogen and oxygen atoms in total. The van der Waals surface area contributed by atoms with Gasteiger partial charge in [-0.05, 0) is 41.8 Å². The summed E-state index contributed by atoms with van der Waals surface area (Å²) in [5, 5.41) is 37.6. The van der Waals surface area contributed by atoms with Crippen LogP contribution in [0.5, 0.6) is 11.5 Å². The van der Waals surface area contributed by atoms with E-state index < -0.39 is 0 Å². The Hall–Kier alpha value is -2.70. The predicted molar refractivity (Wildman–Crippen MR) is 97.6 cm³/mol. The Kier molecular flexibility index (Phi) is 7.13. The first-order valence-electron chi connectivity index (χ1n) is 7.99. The average Bonchev–Trinajstić information content (AvgIpc) is 2.62. The Morgan fingerprint density at radius 1 is 0.720 bits per heavy atom. The number of nitrogens with zero attached hydrogens (tertiary/aromatic N) is 2. The minimum atomic E-state index is -0.110. The van der Waals surface area contributed by atoms with Gasteiger partial charge >= 0.3 is 0 Å². The molecule has 2 rings (SSSR count). The van der Waals surface area contributed by atoms with Crippen LogP contribution in [0.4, 0.5) is 0 Å². The van der Waals surface area contributed by atoms with E-state index in [1.807, 2.05) is 0 Å². The highest BCUT2D eigenvalue weighted by Gasteiger charge is 2.00. The van der Waals surface area contributed by atoms with Crippen LogP contribution in [-0.4, -0.2) is 45.9 Å². The van der Waals surface area contributed by atoms with Crippen LogP contribution >= 0.6 is 0 Å². The second-order valence-electron chi connectivity index (χ2n) is 5.53. The SMILES string of the molecule is OCc1ccc(C=NCCCN=Cc2ccc(CO)cc2O)c(O)c1. The summed E-state index contributed by atoms with van der Waals surface area (Å²) in [6, 6.07) is 9.92. The molecule has 2 aromatic carbocycles. The lowest BCUT2D eigenvalue weighted by atomic mass is 10.1. The van der Waals surface area contributed by atoms with Gasteiger partial charge in [0.05, 0.1) is 13.2 Å². The Labute approximate surface area is 146 Å². The molecule has 6 heteroatoms. The van der Waals surface area contributed by atoms with Crippen molar-refractivity contribution in [3.05, 3.63) is 58.7 Å². The fourth-order valence-electron chi connectivity index (χ4n) is 2.17. The van der Waals surface area contributed by atoms with E-state index in [2.05, 4.69) is 9.98 Å². The number of phenolic OH excluding ortho intramolecular Hbond substituents is 2. The van der Waals surface area contributed by atoms with E-state index in [4.69, 9.17) is 10.2 Å². The van der Waals surface area contributed by atoms with Crippen LogP contribution in [0.3, 0.4) is 0 Å². The molecule has 0 atom stereocenters. The molecule has 0 heterocycles. The molecule has 4 N–H and O–H groups in total. The number of aliphatic imine (C=N–C) groups is 2. The summed E-state index contributed by atoms with van der Waals surface area (Å²) in [4.78, 5) is 8.49. The highest BCUT2D eigenvalue weighted by atomic mass is 16.3. The first kappa shape index (κ1) is 18.6. The maximum absolute atomic E-state index is 9.79. The number of aromatic hydroxyl groups is 2. The molecule has 0 unspecified atom stereocenters. The Balaban J connectivity index is 1.78. The number of hydrogen-bond acceptors (Lipinski definition) is 6. The Morgan fingerprint density at radius 2 is 1.16 bits per heavy atom. The summed E-state index contributed by atoms with van der Waals surface area (Å²) >= 11 is 0.